The predicted molar refractivity (Wildman–Crippen MR) is 284 cm³/mol. The number of fused-ring (bicyclic) bond motifs is 7. The predicted octanol–water partition coefficient (Wildman–Crippen LogP) is 15.5. The van der Waals surface area contributed by atoms with E-state index in [1.165, 1.54) is 27.6 Å². The molecular formula is C63H43N5. The van der Waals surface area contributed by atoms with E-state index >= 15 is 0 Å². The Labute approximate surface area is 394 Å². The molecule has 1 unspecified atom stereocenters. The molecule has 10 aromatic carbocycles. The third-order valence-electron chi connectivity index (χ3n) is 13.4. The van der Waals surface area contributed by atoms with Crippen molar-refractivity contribution in [3.63, 3.8) is 0 Å². The number of hydrogen-bond donors (Lipinski definition) is 1. The second-order valence-electron chi connectivity index (χ2n) is 17.4. The van der Waals surface area contributed by atoms with Gasteiger partial charge in [-0.2, -0.15) is 4.99 Å². The highest BCUT2D eigenvalue weighted by atomic mass is 15.3. The lowest BCUT2D eigenvalue weighted by atomic mass is 9.97. The molecule has 320 valence electrons. The Morgan fingerprint density at radius 1 is 0.338 bits per heavy atom. The summed E-state index contributed by atoms with van der Waals surface area (Å²) in [5.41, 5.74) is 16.7. The Hall–Kier alpha value is -9.06. The summed E-state index contributed by atoms with van der Waals surface area (Å²) in [4.78, 5) is 10.9. The van der Waals surface area contributed by atoms with Gasteiger partial charge in [0, 0.05) is 32.7 Å². The molecule has 13 rings (SSSR count). The van der Waals surface area contributed by atoms with Crippen molar-refractivity contribution < 1.29 is 0 Å². The van der Waals surface area contributed by atoms with E-state index < -0.39 is 6.17 Å². The van der Waals surface area contributed by atoms with Crippen LogP contribution in [0.1, 0.15) is 17.3 Å². The van der Waals surface area contributed by atoms with Gasteiger partial charge in [-0.15, -0.1) is 0 Å². The molecule has 0 saturated heterocycles. The molecule has 1 atom stereocenters. The zero-order chi connectivity index (χ0) is 45.0. The van der Waals surface area contributed by atoms with Gasteiger partial charge in [0.05, 0.1) is 27.8 Å². The Morgan fingerprint density at radius 3 is 1.34 bits per heavy atom. The van der Waals surface area contributed by atoms with Crippen LogP contribution in [0.4, 0.5) is 0 Å². The zero-order valence-electron chi connectivity index (χ0n) is 37.0. The van der Waals surface area contributed by atoms with E-state index in [9.17, 15) is 0 Å². The highest BCUT2D eigenvalue weighted by Gasteiger charge is 2.28. The van der Waals surface area contributed by atoms with Crippen LogP contribution in [0, 0.1) is 0 Å². The maximum absolute atomic E-state index is 5.52. The molecule has 1 aliphatic heterocycles. The van der Waals surface area contributed by atoms with Crippen molar-refractivity contribution in [1.82, 2.24) is 14.5 Å². The van der Waals surface area contributed by atoms with E-state index in [0.29, 0.717) is 11.8 Å². The molecule has 3 heterocycles. The van der Waals surface area contributed by atoms with Crippen LogP contribution in [0.3, 0.4) is 0 Å². The third-order valence-corrected chi connectivity index (χ3v) is 13.4. The molecule has 0 saturated carbocycles. The van der Waals surface area contributed by atoms with E-state index in [-0.39, 0.29) is 0 Å². The average molecular weight is 870 g/mol. The number of aliphatic imine (C=N–C) groups is 2. The van der Waals surface area contributed by atoms with Crippen LogP contribution < -0.4 is 5.32 Å². The normalized spacial score (nSPS) is 13.7. The molecule has 5 heteroatoms. The molecule has 0 bridgehead atoms. The lowest BCUT2D eigenvalue weighted by Gasteiger charge is -2.25. The first-order valence-electron chi connectivity index (χ1n) is 23.2. The molecule has 0 amide bonds. The molecule has 0 radical (unpaired) electrons. The van der Waals surface area contributed by atoms with Crippen molar-refractivity contribution in [2.24, 2.45) is 9.98 Å². The molecular weight excluding hydrogens is 827 g/mol. The Morgan fingerprint density at radius 2 is 0.765 bits per heavy atom. The number of nitrogens with one attached hydrogen (secondary N) is 1. The van der Waals surface area contributed by atoms with Crippen LogP contribution in [0.2, 0.25) is 0 Å². The van der Waals surface area contributed by atoms with Crippen molar-refractivity contribution in [2.75, 3.05) is 0 Å². The summed E-state index contributed by atoms with van der Waals surface area (Å²) in [5.74, 6) is 1.37. The van der Waals surface area contributed by atoms with E-state index in [1.54, 1.807) is 0 Å². The first kappa shape index (κ1) is 39.3. The van der Waals surface area contributed by atoms with Crippen LogP contribution in [0.5, 0.6) is 0 Å². The minimum atomic E-state index is -0.424. The van der Waals surface area contributed by atoms with Gasteiger partial charge in [-0.1, -0.05) is 224 Å². The zero-order valence-corrected chi connectivity index (χ0v) is 37.0. The van der Waals surface area contributed by atoms with Crippen molar-refractivity contribution in [1.29, 1.82) is 0 Å². The van der Waals surface area contributed by atoms with E-state index in [0.717, 1.165) is 77.3 Å². The van der Waals surface area contributed by atoms with Gasteiger partial charge in [0.25, 0.3) is 0 Å². The van der Waals surface area contributed by atoms with Gasteiger partial charge in [0.1, 0.15) is 6.17 Å². The van der Waals surface area contributed by atoms with Gasteiger partial charge < -0.3 is 9.88 Å². The minimum Gasteiger partial charge on any atom is -0.330 e. The first-order chi connectivity index (χ1) is 33.7. The molecule has 12 aromatic rings. The first-order valence-corrected chi connectivity index (χ1v) is 23.2. The average Bonchev–Trinajstić information content (AvgIpc) is 3.95. The lowest BCUT2D eigenvalue weighted by molar-refractivity contribution is 0.662. The summed E-state index contributed by atoms with van der Waals surface area (Å²) in [5, 5.41) is 8.53. The van der Waals surface area contributed by atoms with Gasteiger partial charge in [0.2, 0.25) is 5.96 Å². The number of benzene rings is 10. The Balaban J connectivity index is 1.06. The Kier molecular flexibility index (Phi) is 9.50. The molecule has 2 aromatic heterocycles. The third kappa shape index (κ3) is 6.71. The minimum absolute atomic E-state index is 0.424. The fourth-order valence-corrected chi connectivity index (χ4v) is 10.1. The molecule has 0 aliphatic carbocycles. The second-order valence-corrected chi connectivity index (χ2v) is 17.4. The summed E-state index contributed by atoms with van der Waals surface area (Å²) in [6, 6.07) is 88.9. The highest BCUT2D eigenvalue weighted by Crippen LogP contribution is 2.43. The molecule has 1 N–H and O–H groups in total. The summed E-state index contributed by atoms with van der Waals surface area (Å²) in [6.45, 7) is 0. The van der Waals surface area contributed by atoms with Gasteiger partial charge in [0.15, 0.2) is 5.84 Å². The van der Waals surface area contributed by atoms with Crippen LogP contribution in [-0.2, 0) is 0 Å². The van der Waals surface area contributed by atoms with Crippen molar-refractivity contribution >= 4 is 55.4 Å². The summed E-state index contributed by atoms with van der Waals surface area (Å²) in [7, 11) is 0. The number of hydrogen-bond acceptors (Lipinski definition) is 3. The number of nitrogens with zero attached hydrogens (tertiary/aromatic N) is 4. The number of aromatic nitrogens is 2. The van der Waals surface area contributed by atoms with Gasteiger partial charge in [-0.05, 0) is 68.8 Å². The molecule has 1 aliphatic rings. The Bertz CT molecular complexity index is 3890. The second kappa shape index (κ2) is 16.4. The molecule has 5 nitrogen and oxygen atoms in total. The maximum atomic E-state index is 5.52. The van der Waals surface area contributed by atoms with Crippen LogP contribution in [0.25, 0.3) is 93.8 Å². The fraction of sp³-hybridized carbons (Fsp3) is 0.0159. The summed E-state index contributed by atoms with van der Waals surface area (Å²) in [6.07, 6.45) is -0.424. The van der Waals surface area contributed by atoms with Crippen LogP contribution >= 0.6 is 0 Å². The van der Waals surface area contributed by atoms with Crippen molar-refractivity contribution in [3.8, 4) is 50.2 Å². The lowest BCUT2D eigenvalue weighted by Crippen LogP contribution is -2.37. The van der Waals surface area contributed by atoms with E-state index in [2.05, 4.69) is 263 Å². The van der Waals surface area contributed by atoms with Crippen LogP contribution in [-0.4, -0.2) is 20.9 Å². The molecule has 0 fully saturated rings. The van der Waals surface area contributed by atoms with Gasteiger partial charge in [-0.3, -0.25) is 4.57 Å². The molecule has 68 heavy (non-hydrogen) atoms. The van der Waals surface area contributed by atoms with Gasteiger partial charge >= 0.3 is 0 Å². The van der Waals surface area contributed by atoms with Crippen molar-refractivity contribution in [3.05, 3.63) is 260 Å². The van der Waals surface area contributed by atoms with E-state index in [4.69, 9.17) is 9.98 Å². The number of amidine groups is 1. The van der Waals surface area contributed by atoms with Crippen molar-refractivity contribution in [2.45, 2.75) is 6.17 Å². The monoisotopic (exact) mass is 869 g/mol. The quantitative estimate of drug-likeness (QED) is 0.170. The highest BCUT2D eigenvalue weighted by molar-refractivity contribution is 6.26. The largest absolute Gasteiger partial charge is 0.330 e. The standard InChI is InChI=1S/C63H43N5/c1-5-17-42(18-6-1)45-29-33-48(34-30-45)61-64-62(49-35-31-46(32-36-49)43-19-7-2-8-20-43)66-63(65-61)68-57-28-16-14-26-52(57)54-39-38-53-51-25-13-15-27-56(51)67(59(53)60(54)68)58-40-37-50(44-21-9-3-10-22-44)41-55(58)47-23-11-4-12-24-47/h1-41,61H,(H,64,65,66). The summed E-state index contributed by atoms with van der Waals surface area (Å²) >= 11 is 0. The SMILES string of the molecule is c1ccc(-c2ccc(C3=NC(c4ccc(-c5ccccc5)cc4)NC(n4c5ccccc5c5ccc6c7ccccc7n(-c7ccc(-c8ccccc8)cc7-c7ccccc7)c6c54)=N3)cc2)cc1. The van der Waals surface area contributed by atoms with Gasteiger partial charge in [-0.25, -0.2) is 4.99 Å². The molecule has 0 spiro atoms. The number of para-hydroxylation sites is 2. The van der Waals surface area contributed by atoms with E-state index in [1.807, 2.05) is 0 Å². The van der Waals surface area contributed by atoms with Crippen LogP contribution in [0.15, 0.2) is 259 Å². The smallest absolute Gasteiger partial charge is 0.212 e. The maximum Gasteiger partial charge on any atom is 0.212 e. The fourth-order valence-electron chi connectivity index (χ4n) is 10.1. The number of rotatable bonds is 7. The summed E-state index contributed by atoms with van der Waals surface area (Å²) < 4.78 is 4.83. The topological polar surface area (TPSA) is 46.6 Å².